The van der Waals surface area contributed by atoms with E-state index in [1.807, 2.05) is 21.1 Å². The van der Waals surface area contributed by atoms with Crippen molar-refractivity contribution in [1.29, 1.82) is 0 Å². The van der Waals surface area contributed by atoms with Crippen LogP contribution in [-0.2, 0) is 32.7 Å². The van der Waals surface area contributed by atoms with Crippen LogP contribution in [0.5, 0.6) is 0 Å². The zero-order valence-electron chi connectivity index (χ0n) is 48.0. The van der Waals surface area contributed by atoms with Gasteiger partial charge in [0, 0.05) is 12.8 Å². The van der Waals surface area contributed by atoms with E-state index >= 15 is 0 Å². The third-order valence-electron chi connectivity index (χ3n) is 14.0. The maximum absolute atomic E-state index is 12.8. The van der Waals surface area contributed by atoms with Gasteiger partial charge in [-0.3, -0.25) is 18.6 Å². The molecule has 10 heteroatoms. The van der Waals surface area contributed by atoms with Crippen molar-refractivity contribution in [2.75, 3.05) is 47.5 Å². The second kappa shape index (κ2) is 53.6. The van der Waals surface area contributed by atoms with E-state index in [-0.39, 0.29) is 25.6 Å². The third kappa shape index (κ3) is 57.9. The highest BCUT2D eigenvalue weighted by molar-refractivity contribution is 7.47. The van der Waals surface area contributed by atoms with Crippen LogP contribution in [0.15, 0.2) is 12.2 Å². The molecule has 0 saturated heterocycles. The Morgan fingerprint density at radius 1 is 0.423 bits per heavy atom. The average Bonchev–Trinajstić information content (AvgIpc) is 3.33. The zero-order valence-corrected chi connectivity index (χ0v) is 48.9. The summed E-state index contributed by atoms with van der Waals surface area (Å²) < 4.78 is 34.6. The Morgan fingerprint density at radius 3 is 1.04 bits per heavy atom. The Hall–Kier alpha value is -1.25. The Labute approximate surface area is 441 Å². The van der Waals surface area contributed by atoms with E-state index in [2.05, 4.69) is 26.0 Å². The molecular weight excluding hydrogens is 906 g/mol. The van der Waals surface area contributed by atoms with Gasteiger partial charge in [-0.1, -0.05) is 276 Å². The van der Waals surface area contributed by atoms with Crippen LogP contribution in [0.2, 0.25) is 0 Å². The summed E-state index contributed by atoms with van der Waals surface area (Å²) in [4.78, 5) is 35.7. The summed E-state index contributed by atoms with van der Waals surface area (Å²) in [5.74, 6) is -0.775. The number of carbonyl (C=O) groups excluding carboxylic acids is 2. The predicted octanol–water partition coefficient (Wildman–Crippen LogP) is 19.2. The van der Waals surface area contributed by atoms with Crippen molar-refractivity contribution in [1.82, 2.24) is 0 Å². The molecule has 0 aromatic carbocycles. The normalized spacial score (nSPS) is 13.3. The highest BCUT2D eigenvalue weighted by Crippen LogP contribution is 2.43. The lowest BCUT2D eigenvalue weighted by atomic mass is 10.0. The van der Waals surface area contributed by atoms with Crippen molar-refractivity contribution >= 4 is 19.8 Å². The number of quaternary nitrogens is 1. The van der Waals surface area contributed by atoms with E-state index in [4.69, 9.17) is 18.5 Å². The van der Waals surface area contributed by atoms with E-state index in [9.17, 15) is 19.0 Å². The van der Waals surface area contributed by atoms with Gasteiger partial charge in [0.05, 0.1) is 27.7 Å². The number of unbranched alkanes of at least 4 members (excludes halogenated alkanes) is 42. The SMILES string of the molecule is CCCCCCCCCC/C=C\CCCCCCCCCCCCCCCCCCCC(=O)OC(COC(=O)CCCCCCCCCCCCCCCCCCCC)COP(=O)(O)OCC[N+](C)(C)C. The first kappa shape index (κ1) is 69.8. The molecule has 0 saturated carbocycles. The van der Waals surface area contributed by atoms with Gasteiger partial charge < -0.3 is 18.9 Å². The molecule has 0 aromatic heterocycles. The first-order valence-corrected chi connectivity index (χ1v) is 32.4. The largest absolute Gasteiger partial charge is 0.472 e. The maximum Gasteiger partial charge on any atom is 0.472 e. The molecule has 0 spiro atoms. The molecule has 0 heterocycles. The van der Waals surface area contributed by atoms with E-state index in [1.54, 1.807) is 0 Å². The second-order valence-corrected chi connectivity index (χ2v) is 23.9. The number of phosphoric ester groups is 1. The number of hydrogen-bond donors (Lipinski definition) is 1. The van der Waals surface area contributed by atoms with E-state index in [0.717, 1.165) is 38.5 Å². The Morgan fingerprint density at radius 2 is 0.718 bits per heavy atom. The molecule has 71 heavy (non-hydrogen) atoms. The fourth-order valence-electron chi connectivity index (χ4n) is 9.25. The summed E-state index contributed by atoms with van der Waals surface area (Å²) >= 11 is 0. The molecule has 2 unspecified atom stereocenters. The van der Waals surface area contributed by atoms with Crippen LogP contribution in [0.25, 0.3) is 0 Å². The number of nitrogens with zero attached hydrogens (tertiary/aromatic N) is 1. The monoisotopic (exact) mass is 1030 g/mol. The molecule has 0 fully saturated rings. The predicted molar refractivity (Wildman–Crippen MR) is 303 cm³/mol. The van der Waals surface area contributed by atoms with Crippen LogP contribution in [0.4, 0.5) is 0 Å². The molecule has 0 rings (SSSR count). The van der Waals surface area contributed by atoms with Gasteiger partial charge in [0.1, 0.15) is 19.8 Å². The van der Waals surface area contributed by atoms with Crippen molar-refractivity contribution in [3.63, 3.8) is 0 Å². The number of carbonyl (C=O) groups is 2. The van der Waals surface area contributed by atoms with Gasteiger partial charge in [-0.05, 0) is 38.5 Å². The first-order valence-electron chi connectivity index (χ1n) is 30.9. The van der Waals surface area contributed by atoms with Gasteiger partial charge in [-0.25, -0.2) is 4.57 Å². The molecule has 0 aliphatic heterocycles. The van der Waals surface area contributed by atoms with E-state index in [0.29, 0.717) is 17.4 Å². The summed E-state index contributed by atoms with van der Waals surface area (Å²) in [5, 5.41) is 0. The lowest BCUT2D eigenvalue weighted by Crippen LogP contribution is -2.37. The molecule has 9 nitrogen and oxygen atoms in total. The van der Waals surface area contributed by atoms with Crippen molar-refractivity contribution in [2.24, 2.45) is 0 Å². The van der Waals surface area contributed by atoms with Gasteiger partial charge in [0.25, 0.3) is 0 Å². The zero-order chi connectivity index (χ0) is 52.0. The number of rotatable bonds is 58. The molecule has 2 atom stereocenters. The van der Waals surface area contributed by atoms with Crippen molar-refractivity contribution in [2.45, 2.75) is 322 Å². The molecule has 422 valence electrons. The molecule has 0 aromatic rings. The average molecular weight is 1030 g/mol. The molecule has 0 radical (unpaired) electrons. The summed E-state index contributed by atoms with van der Waals surface area (Å²) in [6.07, 6.45) is 62.9. The Balaban J connectivity index is 4.04. The van der Waals surface area contributed by atoms with Crippen LogP contribution in [0.1, 0.15) is 316 Å². The lowest BCUT2D eigenvalue weighted by molar-refractivity contribution is -0.870. The number of likely N-dealkylation sites (N-methyl/N-ethyl adjacent to an activating group) is 1. The van der Waals surface area contributed by atoms with Crippen LogP contribution in [0, 0.1) is 0 Å². The minimum Gasteiger partial charge on any atom is -0.462 e. The van der Waals surface area contributed by atoms with Gasteiger partial charge in [-0.15, -0.1) is 0 Å². The molecule has 0 amide bonds. The van der Waals surface area contributed by atoms with Gasteiger partial charge in [0.15, 0.2) is 6.10 Å². The minimum atomic E-state index is -4.38. The maximum atomic E-state index is 12.8. The van der Waals surface area contributed by atoms with Gasteiger partial charge in [0.2, 0.25) is 0 Å². The van der Waals surface area contributed by atoms with Gasteiger partial charge in [-0.2, -0.15) is 0 Å². The number of phosphoric acid groups is 1. The number of hydrogen-bond acceptors (Lipinski definition) is 7. The summed E-state index contributed by atoms with van der Waals surface area (Å²) in [5.41, 5.74) is 0. The lowest BCUT2D eigenvalue weighted by Gasteiger charge is -2.24. The molecule has 0 aliphatic rings. The Kier molecular flexibility index (Phi) is 52.6. The van der Waals surface area contributed by atoms with E-state index in [1.165, 1.54) is 250 Å². The third-order valence-corrected chi connectivity index (χ3v) is 15.0. The first-order chi connectivity index (χ1) is 34.5. The smallest absolute Gasteiger partial charge is 0.462 e. The van der Waals surface area contributed by atoms with Crippen molar-refractivity contribution < 1.29 is 42.1 Å². The quantitative estimate of drug-likeness (QED) is 0.0211. The molecule has 0 bridgehead atoms. The fraction of sp³-hybridized carbons (Fsp3) is 0.934. The van der Waals surface area contributed by atoms with Crippen molar-refractivity contribution in [3.8, 4) is 0 Å². The van der Waals surface area contributed by atoms with Gasteiger partial charge >= 0.3 is 19.8 Å². The number of allylic oxidation sites excluding steroid dienone is 2. The van der Waals surface area contributed by atoms with E-state index < -0.39 is 26.5 Å². The van der Waals surface area contributed by atoms with Crippen LogP contribution in [-0.4, -0.2) is 74.9 Å². The highest BCUT2D eigenvalue weighted by atomic mass is 31.2. The standard InChI is InChI=1S/C61H120NO8P/c1-6-8-10-12-14-16-18-20-22-24-26-27-28-29-30-31-32-33-34-35-36-38-40-42-44-46-48-50-52-54-61(64)70-59(58-69-71(65,66)68-56-55-62(3,4)5)57-67-60(63)53-51-49-47-45-43-41-39-37-25-23-21-19-17-15-13-11-9-7-2/h24,26,59H,6-23,25,27-58H2,1-5H3/p+1/b26-24-. The molecular formula is C61H121NO8P+. The Bertz CT molecular complexity index is 1210. The minimum absolute atomic E-state index is 0.0363. The number of ether oxygens (including phenoxy) is 2. The van der Waals surface area contributed by atoms with Crippen LogP contribution in [0.3, 0.4) is 0 Å². The molecule has 1 N–H and O–H groups in total. The van der Waals surface area contributed by atoms with Crippen LogP contribution >= 0.6 is 7.82 Å². The molecule has 0 aliphatic carbocycles. The van der Waals surface area contributed by atoms with Crippen molar-refractivity contribution in [3.05, 3.63) is 12.2 Å². The highest BCUT2D eigenvalue weighted by Gasteiger charge is 2.27. The topological polar surface area (TPSA) is 108 Å². The fourth-order valence-corrected chi connectivity index (χ4v) is 9.99. The summed E-state index contributed by atoms with van der Waals surface area (Å²) in [6.45, 7) is 4.50. The van der Waals surface area contributed by atoms with Crippen LogP contribution < -0.4 is 0 Å². The number of esters is 2. The summed E-state index contributed by atoms with van der Waals surface area (Å²) in [7, 11) is 1.50. The summed E-state index contributed by atoms with van der Waals surface area (Å²) in [6, 6.07) is 0. The second-order valence-electron chi connectivity index (χ2n) is 22.5.